The molecule has 0 aliphatic carbocycles. The van der Waals surface area contributed by atoms with Crippen molar-refractivity contribution in [1.29, 1.82) is 10.5 Å². The van der Waals surface area contributed by atoms with E-state index in [1.807, 2.05) is 6.07 Å². The topological polar surface area (TPSA) is 309 Å². The van der Waals surface area contributed by atoms with Crippen LogP contribution in [0.15, 0.2) is 64.2 Å². The van der Waals surface area contributed by atoms with Crippen LogP contribution in [0.5, 0.6) is 5.75 Å². The standard InChI is InChI=1S/C48H56ClN9O12S/c1-25(55-45(63)69-47(5,6)7)39(59)53-27(3)43(61)67-23-34(68-44(62)28(4)54-40(60)26(2)56-46(64)70-48(8,9)10)22-65-33-17-13-29(14-18-33)37-35(19-50)38(52)58-42(36(37)20-51)71-24-32-21-66-41(57-32)30-11-15-31(49)16-12-30/h11-18,21,25-28,34H,22-24H2,1-10H3,(H2,52,58)(H,53,59)(H,54,60)(H,55,63)(H,56,64)/t25-,26-,27-,28-,34+/m1/s1. The molecule has 23 heteroatoms. The minimum absolute atomic E-state index is 0.0322. The Morgan fingerprint density at radius 3 is 1.76 bits per heavy atom. The van der Waals surface area contributed by atoms with Crippen LogP contribution >= 0.6 is 23.4 Å². The van der Waals surface area contributed by atoms with E-state index in [9.17, 15) is 39.3 Å². The second-order valence-corrected chi connectivity index (χ2v) is 19.2. The van der Waals surface area contributed by atoms with E-state index in [0.717, 1.165) is 0 Å². The molecule has 0 spiro atoms. The molecule has 21 nitrogen and oxygen atoms in total. The fourth-order valence-corrected chi connectivity index (χ4v) is 6.91. The van der Waals surface area contributed by atoms with Crippen molar-refractivity contribution in [3.05, 3.63) is 76.6 Å². The number of alkyl carbamates (subject to hydrolysis) is 2. The van der Waals surface area contributed by atoms with Gasteiger partial charge in [0, 0.05) is 21.9 Å². The Bertz CT molecular complexity index is 2650. The number of rotatable bonds is 19. The van der Waals surface area contributed by atoms with Crippen LogP contribution in [-0.2, 0) is 43.9 Å². The molecule has 0 saturated heterocycles. The molecule has 4 aromatic rings. The number of aromatic nitrogens is 2. The predicted molar refractivity (Wildman–Crippen MR) is 259 cm³/mol. The largest absolute Gasteiger partial charge is 0.490 e. The molecule has 4 amide bonds. The number of nitrogens with zero attached hydrogens (tertiary/aromatic N) is 4. The van der Waals surface area contributed by atoms with Gasteiger partial charge in [0.25, 0.3) is 0 Å². The van der Waals surface area contributed by atoms with Crippen molar-refractivity contribution >= 4 is 65.1 Å². The third-order valence-electron chi connectivity index (χ3n) is 9.37. The second-order valence-electron chi connectivity index (χ2n) is 17.8. The smallest absolute Gasteiger partial charge is 0.408 e. The monoisotopic (exact) mass is 1020 g/mol. The van der Waals surface area contributed by atoms with Gasteiger partial charge in [-0.1, -0.05) is 35.5 Å². The first kappa shape index (κ1) is 56.0. The normalized spacial score (nSPS) is 13.3. The number of carbonyl (C=O) groups excluding carboxylic acids is 6. The van der Waals surface area contributed by atoms with Crippen LogP contribution in [0.1, 0.15) is 86.1 Å². The van der Waals surface area contributed by atoms with Crippen molar-refractivity contribution in [2.45, 2.75) is 121 Å². The summed E-state index contributed by atoms with van der Waals surface area (Å²) in [5, 5.41) is 30.9. The molecule has 71 heavy (non-hydrogen) atoms. The molecule has 0 bridgehead atoms. The zero-order chi connectivity index (χ0) is 52.8. The van der Waals surface area contributed by atoms with Gasteiger partial charge in [-0.25, -0.2) is 29.1 Å². The highest BCUT2D eigenvalue weighted by molar-refractivity contribution is 7.98. The van der Waals surface area contributed by atoms with E-state index in [-0.39, 0.29) is 39.0 Å². The summed E-state index contributed by atoms with van der Waals surface area (Å²) in [4.78, 5) is 85.4. The molecular formula is C48H56ClN9O12S. The molecule has 2 aromatic heterocycles. The summed E-state index contributed by atoms with van der Waals surface area (Å²) in [6.45, 7) is 14.4. The number of amides is 4. The molecule has 0 aliphatic heterocycles. The number of nitrogens with one attached hydrogen (secondary N) is 4. The lowest BCUT2D eigenvalue weighted by Gasteiger charge is -2.24. The van der Waals surface area contributed by atoms with Crippen LogP contribution in [0.3, 0.4) is 0 Å². The van der Waals surface area contributed by atoms with Gasteiger partial charge < -0.3 is 55.1 Å². The fourth-order valence-electron chi connectivity index (χ4n) is 5.92. The number of nitriles is 2. The van der Waals surface area contributed by atoms with Gasteiger partial charge in [-0.2, -0.15) is 10.5 Å². The highest BCUT2D eigenvalue weighted by atomic mass is 35.5. The first-order valence-corrected chi connectivity index (χ1v) is 23.3. The maximum absolute atomic E-state index is 13.4. The van der Waals surface area contributed by atoms with Gasteiger partial charge in [-0.05, 0) is 111 Å². The first-order chi connectivity index (χ1) is 33.3. The molecule has 0 saturated carbocycles. The number of pyridine rings is 1. The Morgan fingerprint density at radius 1 is 0.718 bits per heavy atom. The lowest BCUT2D eigenvalue weighted by atomic mass is 9.97. The summed E-state index contributed by atoms with van der Waals surface area (Å²) < 4.78 is 33.0. The van der Waals surface area contributed by atoms with E-state index in [4.69, 9.17) is 45.4 Å². The summed E-state index contributed by atoms with van der Waals surface area (Å²) in [7, 11) is 0. The third kappa shape index (κ3) is 17.4. The number of esters is 2. The lowest BCUT2D eigenvalue weighted by Crippen LogP contribution is -2.51. The van der Waals surface area contributed by atoms with E-state index in [0.29, 0.717) is 27.7 Å². The van der Waals surface area contributed by atoms with E-state index in [2.05, 4.69) is 37.3 Å². The number of nitrogen functional groups attached to an aromatic ring is 1. The molecule has 6 N–H and O–H groups in total. The van der Waals surface area contributed by atoms with Crippen molar-refractivity contribution in [1.82, 2.24) is 31.2 Å². The number of thioether (sulfide) groups is 1. The first-order valence-electron chi connectivity index (χ1n) is 21.9. The summed E-state index contributed by atoms with van der Waals surface area (Å²) in [6, 6.07) is 12.6. The van der Waals surface area contributed by atoms with Crippen LogP contribution in [0.4, 0.5) is 15.4 Å². The quantitative estimate of drug-likeness (QED) is 0.0388. The van der Waals surface area contributed by atoms with Gasteiger partial charge in [0.1, 0.15) is 89.1 Å². The summed E-state index contributed by atoms with van der Waals surface area (Å²) >= 11 is 7.18. The minimum Gasteiger partial charge on any atom is -0.490 e. The average molecular weight is 1020 g/mol. The van der Waals surface area contributed by atoms with Gasteiger partial charge in [0.05, 0.1) is 11.3 Å². The Morgan fingerprint density at radius 2 is 1.24 bits per heavy atom. The summed E-state index contributed by atoms with van der Waals surface area (Å²) in [5.41, 5.74) is 6.57. The molecule has 0 aliphatic rings. The van der Waals surface area contributed by atoms with Gasteiger partial charge in [-0.15, -0.1) is 0 Å². The Balaban J connectivity index is 1.49. The van der Waals surface area contributed by atoms with Crippen LogP contribution in [0.25, 0.3) is 22.6 Å². The summed E-state index contributed by atoms with van der Waals surface area (Å²) in [5.74, 6) is -2.63. The highest BCUT2D eigenvalue weighted by Crippen LogP contribution is 2.37. The molecule has 5 atom stereocenters. The number of hydrogen-bond acceptors (Lipinski definition) is 18. The van der Waals surface area contributed by atoms with Crippen molar-refractivity contribution in [3.8, 4) is 40.5 Å². The van der Waals surface area contributed by atoms with E-state index < -0.39 is 90.6 Å². The maximum atomic E-state index is 13.4. The molecule has 2 aromatic carbocycles. The molecular weight excluding hydrogens is 962 g/mol. The number of carbonyl (C=O) groups is 6. The van der Waals surface area contributed by atoms with Gasteiger partial charge in [-0.3, -0.25) is 9.59 Å². The molecule has 0 unspecified atom stereocenters. The van der Waals surface area contributed by atoms with Gasteiger partial charge in [0.15, 0.2) is 6.10 Å². The van der Waals surface area contributed by atoms with Gasteiger partial charge >= 0.3 is 24.1 Å². The van der Waals surface area contributed by atoms with Crippen LogP contribution in [0.2, 0.25) is 5.02 Å². The van der Waals surface area contributed by atoms with Crippen molar-refractivity contribution in [2.24, 2.45) is 0 Å². The third-order valence-corrected chi connectivity index (χ3v) is 10.6. The minimum atomic E-state index is -1.31. The molecule has 0 radical (unpaired) electrons. The van der Waals surface area contributed by atoms with Crippen molar-refractivity contribution in [2.75, 3.05) is 18.9 Å². The lowest BCUT2D eigenvalue weighted by molar-refractivity contribution is -0.163. The molecule has 4 rings (SSSR count). The van der Waals surface area contributed by atoms with Crippen LogP contribution in [-0.4, -0.2) is 101 Å². The van der Waals surface area contributed by atoms with Gasteiger partial charge in [0.2, 0.25) is 17.7 Å². The molecule has 2 heterocycles. The number of halogens is 1. The van der Waals surface area contributed by atoms with E-state index in [1.165, 1.54) is 57.9 Å². The van der Waals surface area contributed by atoms with E-state index in [1.54, 1.807) is 77.9 Å². The molecule has 378 valence electrons. The molecule has 0 fully saturated rings. The van der Waals surface area contributed by atoms with Crippen molar-refractivity contribution in [3.63, 3.8) is 0 Å². The Hall–Kier alpha value is -7.56. The number of oxazole rings is 1. The number of benzene rings is 2. The van der Waals surface area contributed by atoms with Crippen LogP contribution < -0.4 is 31.7 Å². The summed E-state index contributed by atoms with van der Waals surface area (Å²) in [6.07, 6.45) is -1.52. The number of nitrogens with two attached hydrogens (primary N) is 1. The average Bonchev–Trinajstić information content (AvgIpc) is 3.76. The highest BCUT2D eigenvalue weighted by Gasteiger charge is 2.29. The van der Waals surface area contributed by atoms with Crippen molar-refractivity contribution < 1.29 is 56.9 Å². The van der Waals surface area contributed by atoms with Crippen LogP contribution in [0, 0.1) is 22.7 Å². The SMILES string of the molecule is C[C@@H](NC(=O)OC(C)(C)C)C(=O)N[C@H](C)C(=O)OC[C@H](COc1ccc(-c2c(C#N)c(N)nc(SCc3coc(-c4ccc(Cl)cc4)n3)c2C#N)cc1)OC(=O)[C@@H](C)NC(=O)[C@@H](C)NC(=O)OC(C)(C)C. The zero-order valence-electron chi connectivity index (χ0n) is 40.8. The zero-order valence-corrected chi connectivity index (χ0v) is 42.3. The number of hydrogen-bond donors (Lipinski definition) is 5. The fraction of sp³-hybridized carbons (Fsp3) is 0.417. The maximum Gasteiger partial charge on any atom is 0.408 e. The number of ether oxygens (including phenoxy) is 5. The Labute approximate surface area is 419 Å². The van der Waals surface area contributed by atoms with E-state index >= 15 is 0 Å². The predicted octanol–water partition coefficient (Wildman–Crippen LogP) is 6.34. The Kier molecular flexibility index (Phi) is 19.6. The second kappa shape index (κ2) is 24.8. The number of anilines is 1.